The molecule has 3 fully saturated rings. The number of carbonyl (C=O) groups is 1. The highest BCUT2D eigenvalue weighted by molar-refractivity contribution is 5.87. The number of hydrogen-bond acceptors (Lipinski definition) is 8. The number of fused-ring (bicyclic) bond motifs is 3. The lowest BCUT2D eigenvalue weighted by atomic mass is 9.88. The van der Waals surface area contributed by atoms with Crippen molar-refractivity contribution < 1.29 is 9.53 Å². The van der Waals surface area contributed by atoms with Gasteiger partial charge in [0.1, 0.15) is 12.4 Å². The summed E-state index contributed by atoms with van der Waals surface area (Å²) in [5, 5.41) is 9.57. The van der Waals surface area contributed by atoms with Crippen LogP contribution in [0, 0.1) is 11.3 Å². The first-order valence-corrected chi connectivity index (χ1v) is 16.3. The topological polar surface area (TPSA) is 88.8 Å². The van der Waals surface area contributed by atoms with E-state index in [0.717, 1.165) is 56.8 Å². The Hall–Kier alpha value is -3.64. The summed E-state index contributed by atoms with van der Waals surface area (Å²) in [4.78, 5) is 32.1. The van der Waals surface area contributed by atoms with E-state index < -0.39 is 0 Å². The first kappa shape index (κ1) is 28.1. The minimum atomic E-state index is -0.204. The molecular weight excluding hydrogens is 538 g/mol. The van der Waals surface area contributed by atoms with Crippen molar-refractivity contribution >= 4 is 17.4 Å². The average molecular weight is 582 g/mol. The molecule has 0 bridgehead atoms. The van der Waals surface area contributed by atoms with Crippen molar-refractivity contribution in [2.75, 3.05) is 55.7 Å². The number of carbonyl (C=O) groups excluding carboxylic acids is 1. The number of ether oxygens (including phenoxy) is 1. The van der Waals surface area contributed by atoms with E-state index in [4.69, 9.17) is 14.7 Å². The minimum Gasteiger partial charge on any atom is -0.461 e. The highest BCUT2D eigenvalue weighted by Crippen LogP contribution is 2.40. The normalized spacial score (nSPS) is 24.6. The second-order valence-electron chi connectivity index (χ2n) is 13.0. The number of amides is 1. The van der Waals surface area contributed by atoms with Crippen LogP contribution in [-0.4, -0.2) is 89.2 Å². The van der Waals surface area contributed by atoms with Gasteiger partial charge >= 0.3 is 6.01 Å². The molecule has 226 valence electrons. The zero-order valence-corrected chi connectivity index (χ0v) is 25.2. The van der Waals surface area contributed by atoms with Crippen molar-refractivity contribution in [1.29, 1.82) is 5.26 Å². The Balaban J connectivity index is 1.19. The van der Waals surface area contributed by atoms with Crippen LogP contribution in [0.4, 0.5) is 11.5 Å². The molecule has 1 aromatic heterocycles. The third kappa shape index (κ3) is 5.24. The van der Waals surface area contributed by atoms with Gasteiger partial charge in [0.25, 0.3) is 0 Å². The van der Waals surface area contributed by atoms with Crippen LogP contribution in [0.1, 0.15) is 61.8 Å². The summed E-state index contributed by atoms with van der Waals surface area (Å²) < 4.78 is 6.55. The Labute approximate surface area is 255 Å². The number of para-hydroxylation sites is 1. The summed E-state index contributed by atoms with van der Waals surface area (Å²) in [5.41, 5.74) is 5.23. The Morgan fingerprint density at radius 3 is 2.74 bits per heavy atom. The van der Waals surface area contributed by atoms with Gasteiger partial charge in [-0.1, -0.05) is 24.8 Å². The SMILES string of the molecule is C=CC(=O)N1CCN(c2nc(OCC34CCCN3CCC4)nc3c2CCC(N2CCCc4ccccc42)C3)C[C@@H]1CC#N. The first-order valence-electron chi connectivity index (χ1n) is 16.3. The predicted octanol–water partition coefficient (Wildman–Crippen LogP) is 3.91. The van der Waals surface area contributed by atoms with Gasteiger partial charge in [-0.25, -0.2) is 0 Å². The van der Waals surface area contributed by atoms with Gasteiger partial charge < -0.3 is 19.4 Å². The van der Waals surface area contributed by atoms with Crippen LogP contribution >= 0.6 is 0 Å². The molecular formula is C34H43N7O2. The molecule has 1 unspecified atom stereocenters. The monoisotopic (exact) mass is 581 g/mol. The molecule has 5 heterocycles. The van der Waals surface area contributed by atoms with Crippen molar-refractivity contribution in [2.45, 2.75) is 81.8 Å². The molecule has 0 spiro atoms. The molecule has 2 atom stereocenters. The fraction of sp³-hybridized carbons (Fsp3) is 0.588. The molecule has 43 heavy (non-hydrogen) atoms. The van der Waals surface area contributed by atoms with Crippen LogP contribution in [0.25, 0.3) is 0 Å². The Bertz CT molecular complexity index is 1410. The van der Waals surface area contributed by atoms with Gasteiger partial charge in [0.15, 0.2) is 0 Å². The van der Waals surface area contributed by atoms with Crippen LogP contribution in [0.2, 0.25) is 0 Å². The lowest BCUT2D eigenvalue weighted by molar-refractivity contribution is -0.128. The summed E-state index contributed by atoms with van der Waals surface area (Å²) in [6, 6.07) is 11.8. The number of piperazine rings is 1. The maximum Gasteiger partial charge on any atom is 0.318 e. The quantitative estimate of drug-likeness (QED) is 0.455. The van der Waals surface area contributed by atoms with Crippen molar-refractivity contribution in [3.63, 3.8) is 0 Å². The second kappa shape index (κ2) is 11.8. The average Bonchev–Trinajstić information content (AvgIpc) is 3.63. The summed E-state index contributed by atoms with van der Waals surface area (Å²) in [5.74, 6) is 0.813. The zero-order valence-electron chi connectivity index (χ0n) is 25.2. The molecule has 0 radical (unpaired) electrons. The van der Waals surface area contributed by atoms with E-state index in [1.807, 2.05) is 0 Å². The zero-order chi connectivity index (χ0) is 29.4. The van der Waals surface area contributed by atoms with Crippen molar-refractivity contribution in [2.24, 2.45) is 0 Å². The number of rotatable bonds is 7. The molecule has 9 heteroatoms. The van der Waals surface area contributed by atoms with Crippen LogP contribution < -0.4 is 14.5 Å². The molecule has 5 aliphatic rings. The van der Waals surface area contributed by atoms with Gasteiger partial charge in [0, 0.05) is 49.9 Å². The fourth-order valence-electron chi connectivity index (χ4n) is 8.49. The Kier molecular flexibility index (Phi) is 7.72. The number of aryl methyl sites for hydroxylation is 1. The summed E-state index contributed by atoms with van der Waals surface area (Å²) in [7, 11) is 0. The summed E-state index contributed by atoms with van der Waals surface area (Å²) >= 11 is 0. The summed E-state index contributed by atoms with van der Waals surface area (Å²) in [6.45, 7) is 9.47. The standard InChI is InChI=1S/C34H43N7O2/c1-2-31(42)41-21-20-38(23-27(41)13-16-35)32-28-12-11-26(40-19-5-9-25-8-3-4-10-30(25)40)22-29(28)36-33(37-32)43-24-34-14-6-17-39(34)18-7-15-34/h2-4,8,10,26-27H,1,5-7,9,11-15,17-24H2/t26?,27-/m0/s1. The van der Waals surface area contributed by atoms with E-state index in [0.29, 0.717) is 38.3 Å². The highest BCUT2D eigenvalue weighted by Gasteiger charge is 2.45. The Morgan fingerprint density at radius 2 is 1.93 bits per heavy atom. The van der Waals surface area contributed by atoms with Crippen molar-refractivity contribution in [1.82, 2.24) is 19.8 Å². The molecule has 2 aromatic rings. The molecule has 7 rings (SSSR count). The number of benzene rings is 1. The third-order valence-electron chi connectivity index (χ3n) is 10.6. The van der Waals surface area contributed by atoms with E-state index in [-0.39, 0.29) is 23.9 Å². The predicted molar refractivity (Wildman–Crippen MR) is 166 cm³/mol. The van der Waals surface area contributed by atoms with Gasteiger partial charge in [-0.3, -0.25) is 9.69 Å². The molecule has 1 aromatic carbocycles. The molecule has 9 nitrogen and oxygen atoms in total. The molecule has 1 amide bonds. The van der Waals surface area contributed by atoms with Crippen LogP contribution in [0.15, 0.2) is 36.9 Å². The largest absolute Gasteiger partial charge is 0.461 e. The van der Waals surface area contributed by atoms with Gasteiger partial charge in [0.2, 0.25) is 5.91 Å². The van der Waals surface area contributed by atoms with Gasteiger partial charge in [-0.05, 0) is 82.2 Å². The molecule has 0 saturated carbocycles. The molecule has 4 aliphatic heterocycles. The van der Waals surface area contributed by atoms with Crippen LogP contribution in [0.5, 0.6) is 6.01 Å². The number of anilines is 2. The van der Waals surface area contributed by atoms with E-state index in [2.05, 4.69) is 51.6 Å². The van der Waals surface area contributed by atoms with Crippen molar-refractivity contribution in [3.05, 3.63) is 53.7 Å². The molecule has 0 N–H and O–H groups in total. The van der Waals surface area contributed by atoms with Crippen LogP contribution in [0.3, 0.4) is 0 Å². The van der Waals surface area contributed by atoms with Gasteiger partial charge in [-0.15, -0.1) is 0 Å². The number of nitriles is 1. The maximum atomic E-state index is 12.6. The minimum absolute atomic E-state index is 0.116. The fourth-order valence-corrected chi connectivity index (χ4v) is 8.49. The smallest absolute Gasteiger partial charge is 0.318 e. The number of aromatic nitrogens is 2. The molecule has 3 saturated heterocycles. The van der Waals surface area contributed by atoms with Gasteiger partial charge in [0.05, 0.1) is 29.8 Å². The van der Waals surface area contributed by atoms with Crippen molar-refractivity contribution in [3.8, 4) is 12.1 Å². The first-order chi connectivity index (χ1) is 21.1. The van der Waals surface area contributed by atoms with Gasteiger partial charge in [-0.2, -0.15) is 15.2 Å². The van der Waals surface area contributed by atoms with Crippen LogP contribution in [-0.2, 0) is 24.1 Å². The lowest BCUT2D eigenvalue weighted by Gasteiger charge is -2.43. The second-order valence-corrected chi connectivity index (χ2v) is 13.0. The number of nitrogens with zero attached hydrogens (tertiary/aromatic N) is 7. The van der Waals surface area contributed by atoms with E-state index >= 15 is 0 Å². The highest BCUT2D eigenvalue weighted by atomic mass is 16.5. The van der Waals surface area contributed by atoms with E-state index in [9.17, 15) is 10.1 Å². The summed E-state index contributed by atoms with van der Waals surface area (Å²) in [6.07, 6.45) is 11.6. The van der Waals surface area contributed by atoms with E-state index in [1.54, 1.807) is 4.90 Å². The lowest BCUT2D eigenvalue weighted by Crippen LogP contribution is -2.55. The maximum absolute atomic E-state index is 12.6. The van der Waals surface area contributed by atoms with E-state index in [1.165, 1.54) is 55.0 Å². The number of hydrogen-bond donors (Lipinski definition) is 0. The Morgan fingerprint density at radius 1 is 1.09 bits per heavy atom. The molecule has 1 aliphatic carbocycles. The third-order valence-corrected chi connectivity index (χ3v) is 10.6.